The average Bonchev–Trinajstić information content (AvgIpc) is 3.41. The van der Waals surface area contributed by atoms with Crippen LogP contribution < -0.4 is 10.2 Å². The van der Waals surface area contributed by atoms with Gasteiger partial charge in [-0.3, -0.25) is 0 Å². The largest absolute Gasteiger partial charge is 0.371 e. The molecule has 3 fully saturated rings. The van der Waals surface area contributed by atoms with Crippen LogP contribution in [0.25, 0.3) is 0 Å². The first-order valence-corrected chi connectivity index (χ1v) is 10.2. The van der Waals surface area contributed by atoms with Gasteiger partial charge in [-0.25, -0.2) is 4.79 Å². The monoisotopic (exact) mass is 341 g/mol. The molecule has 0 spiro atoms. The number of anilines is 1. The van der Waals surface area contributed by atoms with Crippen molar-refractivity contribution in [2.24, 2.45) is 11.8 Å². The molecule has 2 atom stereocenters. The molecule has 3 aliphatic rings. The van der Waals surface area contributed by atoms with Crippen LogP contribution in [0.2, 0.25) is 0 Å². The predicted octanol–water partition coefficient (Wildman–Crippen LogP) is 3.88. The van der Waals surface area contributed by atoms with Crippen LogP contribution in [0.15, 0.2) is 30.3 Å². The molecule has 1 N–H and O–H groups in total. The summed E-state index contributed by atoms with van der Waals surface area (Å²) in [5.74, 6) is 1.32. The van der Waals surface area contributed by atoms with Crippen LogP contribution in [-0.2, 0) is 0 Å². The molecule has 4 heteroatoms. The van der Waals surface area contributed by atoms with Crippen molar-refractivity contribution < 1.29 is 4.79 Å². The lowest BCUT2D eigenvalue weighted by Crippen LogP contribution is -2.46. The zero-order valence-electron chi connectivity index (χ0n) is 15.2. The van der Waals surface area contributed by atoms with Gasteiger partial charge in [0.1, 0.15) is 0 Å². The van der Waals surface area contributed by atoms with Crippen LogP contribution in [0.3, 0.4) is 0 Å². The van der Waals surface area contributed by atoms with Crippen molar-refractivity contribution in [2.75, 3.05) is 31.1 Å². The van der Waals surface area contributed by atoms with Gasteiger partial charge >= 0.3 is 6.03 Å². The highest BCUT2D eigenvalue weighted by Gasteiger charge is 2.36. The smallest absolute Gasteiger partial charge is 0.317 e. The quantitative estimate of drug-likeness (QED) is 0.902. The SMILES string of the molecule is O=C(NCC1CCN(c2ccccc2)C1)N1CCCC1C1CCCC1. The summed E-state index contributed by atoms with van der Waals surface area (Å²) in [6, 6.07) is 11.3. The molecule has 2 unspecified atom stereocenters. The maximum Gasteiger partial charge on any atom is 0.317 e. The first kappa shape index (κ1) is 16.7. The zero-order chi connectivity index (χ0) is 17.1. The van der Waals surface area contributed by atoms with Gasteiger partial charge in [-0.2, -0.15) is 0 Å². The maximum absolute atomic E-state index is 12.7. The second-order valence-electron chi connectivity index (χ2n) is 8.07. The molecule has 25 heavy (non-hydrogen) atoms. The number of carbonyl (C=O) groups is 1. The fraction of sp³-hybridized carbons (Fsp3) is 0.667. The van der Waals surface area contributed by atoms with Gasteiger partial charge in [-0.05, 0) is 56.1 Å². The Hall–Kier alpha value is -1.71. The zero-order valence-corrected chi connectivity index (χ0v) is 15.2. The van der Waals surface area contributed by atoms with E-state index in [9.17, 15) is 4.79 Å². The van der Waals surface area contributed by atoms with E-state index in [0.29, 0.717) is 12.0 Å². The van der Waals surface area contributed by atoms with E-state index in [-0.39, 0.29) is 6.03 Å². The Labute approximate surface area is 151 Å². The van der Waals surface area contributed by atoms with Crippen molar-refractivity contribution in [2.45, 2.75) is 51.0 Å². The molecule has 2 saturated heterocycles. The highest BCUT2D eigenvalue weighted by atomic mass is 16.2. The predicted molar refractivity (Wildman–Crippen MR) is 102 cm³/mol. The van der Waals surface area contributed by atoms with E-state index in [1.165, 1.54) is 50.6 Å². The summed E-state index contributed by atoms with van der Waals surface area (Å²) in [5.41, 5.74) is 1.30. The van der Waals surface area contributed by atoms with Crippen molar-refractivity contribution in [3.8, 4) is 0 Å². The van der Waals surface area contributed by atoms with Gasteiger partial charge in [0, 0.05) is 37.9 Å². The summed E-state index contributed by atoms with van der Waals surface area (Å²) in [7, 11) is 0. The molecule has 1 aromatic rings. The standard InChI is InChI=1S/C21H31N3O/c25-21(24-13-6-11-20(24)18-7-4-5-8-18)22-15-17-12-14-23(16-17)19-9-2-1-3-10-19/h1-3,9-10,17-18,20H,4-8,11-16H2,(H,22,25). The summed E-state index contributed by atoms with van der Waals surface area (Å²) < 4.78 is 0. The summed E-state index contributed by atoms with van der Waals surface area (Å²) >= 11 is 0. The number of hydrogen-bond donors (Lipinski definition) is 1. The van der Waals surface area contributed by atoms with Gasteiger partial charge in [-0.1, -0.05) is 31.0 Å². The second-order valence-corrected chi connectivity index (χ2v) is 8.07. The second kappa shape index (κ2) is 7.67. The van der Waals surface area contributed by atoms with Gasteiger partial charge in [0.15, 0.2) is 0 Å². The molecular formula is C21H31N3O. The molecule has 0 aromatic heterocycles. The number of carbonyl (C=O) groups excluding carboxylic acids is 1. The van der Waals surface area contributed by atoms with Crippen LogP contribution >= 0.6 is 0 Å². The first-order valence-electron chi connectivity index (χ1n) is 10.2. The number of nitrogens with one attached hydrogen (secondary N) is 1. The third kappa shape index (κ3) is 3.78. The summed E-state index contributed by atoms with van der Waals surface area (Å²) in [4.78, 5) is 17.3. The molecular weight excluding hydrogens is 310 g/mol. The number of para-hydroxylation sites is 1. The Balaban J connectivity index is 1.26. The molecule has 1 saturated carbocycles. The van der Waals surface area contributed by atoms with Gasteiger partial charge < -0.3 is 15.1 Å². The summed E-state index contributed by atoms with van der Waals surface area (Å²) in [6.07, 6.45) is 8.92. The van der Waals surface area contributed by atoms with Crippen LogP contribution in [0.4, 0.5) is 10.5 Å². The highest BCUT2D eigenvalue weighted by molar-refractivity contribution is 5.75. The number of rotatable bonds is 4. The number of amides is 2. The van der Waals surface area contributed by atoms with E-state index < -0.39 is 0 Å². The lowest BCUT2D eigenvalue weighted by Gasteiger charge is -2.30. The van der Waals surface area contributed by atoms with Crippen LogP contribution in [0.5, 0.6) is 0 Å². The van der Waals surface area contributed by atoms with E-state index >= 15 is 0 Å². The lowest BCUT2D eigenvalue weighted by molar-refractivity contribution is 0.171. The van der Waals surface area contributed by atoms with Gasteiger partial charge in [-0.15, -0.1) is 0 Å². The van der Waals surface area contributed by atoms with E-state index in [4.69, 9.17) is 0 Å². The van der Waals surface area contributed by atoms with Crippen molar-refractivity contribution >= 4 is 11.7 Å². The summed E-state index contributed by atoms with van der Waals surface area (Å²) in [6.45, 7) is 3.92. The number of benzene rings is 1. The molecule has 2 heterocycles. The average molecular weight is 341 g/mol. The number of urea groups is 1. The number of nitrogens with zero attached hydrogens (tertiary/aromatic N) is 2. The lowest BCUT2D eigenvalue weighted by atomic mass is 9.96. The maximum atomic E-state index is 12.7. The van der Waals surface area contributed by atoms with E-state index in [0.717, 1.165) is 32.1 Å². The Morgan fingerprint density at radius 2 is 1.80 bits per heavy atom. The third-order valence-electron chi connectivity index (χ3n) is 6.45. The van der Waals surface area contributed by atoms with Crippen LogP contribution in [-0.4, -0.2) is 43.2 Å². The highest BCUT2D eigenvalue weighted by Crippen LogP contribution is 2.35. The Morgan fingerprint density at radius 1 is 1.00 bits per heavy atom. The van der Waals surface area contributed by atoms with Crippen molar-refractivity contribution in [3.05, 3.63) is 30.3 Å². The Bertz CT molecular complexity index is 570. The molecule has 4 nitrogen and oxygen atoms in total. The molecule has 0 bridgehead atoms. The topological polar surface area (TPSA) is 35.6 Å². The first-order chi connectivity index (χ1) is 12.3. The summed E-state index contributed by atoms with van der Waals surface area (Å²) in [5, 5.41) is 3.25. The Kier molecular flexibility index (Phi) is 5.14. The van der Waals surface area contributed by atoms with Crippen molar-refractivity contribution in [3.63, 3.8) is 0 Å². The third-order valence-corrected chi connectivity index (χ3v) is 6.45. The van der Waals surface area contributed by atoms with Crippen LogP contribution in [0, 0.1) is 11.8 Å². The Morgan fingerprint density at radius 3 is 2.60 bits per heavy atom. The van der Waals surface area contributed by atoms with E-state index in [2.05, 4.69) is 45.4 Å². The molecule has 4 rings (SSSR count). The molecule has 2 amide bonds. The molecule has 136 valence electrons. The molecule has 1 aromatic carbocycles. The fourth-order valence-electron chi connectivity index (χ4n) is 5.08. The van der Waals surface area contributed by atoms with Gasteiger partial charge in [0.05, 0.1) is 0 Å². The minimum Gasteiger partial charge on any atom is -0.371 e. The van der Waals surface area contributed by atoms with Gasteiger partial charge in [0.25, 0.3) is 0 Å². The number of hydrogen-bond acceptors (Lipinski definition) is 2. The minimum absolute atomic E-state index is 0.188. The van der Waals surface area contributed by atoms with E-state index in [1.54, 1.807) is 0 Å². The van der Waals surface area contributed by atoms with E-state index in [1.807, 2.05) is 0 Å². The molecule has 2 aliphatic heterocycles. The number of likely N-dealkylation sites (tertiary alicyclic amines) is 1. The van der Waals surface area contributed by atoms with Gasteiger partial charge in [0.2, 0.25) is 0 Å². The van der Waals surface area contributed by atoms with Crippen molar-refractivity contribution in [1.82, 2.24) is 10.2 Å². The van der Waals surface area contributed by atoms with Crippen LogP contribution in [0.1, 0.15) is 44.9 Å². The minimum atomic E-state index is 0.188. The molecule has 0 radical (unpaired) electrons. The molecule has 1 aliphatic carbocycles. The fourth-order valence-corrected chi connectivity index (χ4v) is 5.08. The normalized spacial score (nSPS) is 27.2. The van der Waals surface area contributed by atoms with Crippen molar-refractivity contribution in [1.29, 1.82) is 0 Å².